The zero-order valence-electron chi connectivity index (χ0n) is 13.6. The molecule has 0 N–H and O–H groups in total. The van der Waals surface area contributed by atoms with Crippen molar-refractivity contribution in [1.29, 1.82) is 0 Å². The molecular formula is C15H29NO3. The molecule has 0 aromatic heterocycles. The first-order valence-corrected chi connectivity index (χ1v) is 6.70. The fraction of sp³-hybridized carbons (Fsp3) is 0.800. The molecule has 0 unspecified atom stereocenters. The summed E-state index contributed by atoms with van der Waals surface area (Å²) in [6.07, 6.45) is 1.77. The van der Waals surface area contributed by atoms with Crippen LogP contribution in [0.1, 0.15) is 41.5 Å². The molecule has 112 valence electrons. The van der Waals surface area contributed by atoms with Gasteiger partial charge in [-0.3, -0.25) is 0 Å². The molecule has 4 nitrogen and oxygen atoms in total. The standard InChI is InChI=1S/C15H29NO3/c1-11(2)13(9-12(3)10-18-8)16(7)14(17)19-15(4,5)6/h9,11,13H,10H2,1-8H3/t13-/m1/s1. The van der Waals surface area contributed by atoms with E-state index in [0.717, 1.165) is 5.57 Å². The maximum absolute atomic E-state index is 12.1. The Morgan fingerprint density at radius 3 is 2.21 bits per heavy atom. The van der Waals surface area contributed by atoms with Gasteiger partial charge in [0.25, 0.3) is 0 Å². The summed E-state index contributed by atoms with van der Waals surface area (Å²) in [6.45, 7) is 12.4. The van der Waals surface area contributed by atoms with Gasteiger partial charge in [0, 0.05) is 14.2 Å². The van der Waals surface area contributed by atoms with E-state index in [1.807, 2.05) is 27.7 Å². The number of hydrogen-bond donors (Lipinski definition) is 0. The highest BCUT2D eigenvalue weighted by atomic mass is 16.6. The average Bonchev–Trinajstić information content (AvgIpc) is 2.22. The maximum Gasteiger partial charge on any atom is 0.410 e. The van der Waals surface area contributed by atoms with Gasteiger partial charge >= 0.3 is 6.09 Å². The molecule has 0 fully saturated rings. The molecule has 0 rings (SSSR count). The second-order valence-corrected chi connectivity index (χ2v) is 6.27. The predicted octanol–water partition coefficient (Wildman–Crippen LogP) is 3.47. The van der Waals surface area contributed by atoms with Crippen LogP contribution in [0.3, 0.4) is 0 Å². The zero-order valence-corrected chi connectivity index (χ0v) is 13.6. The third-order valence-electron chi connectivity index (χ3n) is 2.64. The molecule has 19 heavy (non-hydrogen) atoms. The molecule has 0 heterocycles. The van der Waals surface area contributed by atoms with Crippen LogP contribution in [0.2, 0.25) is 0 Å². The second-order valence-electron chi connectivity index (χ2n) is 6.27. The minimum absolute atomic E-state index is 0.00463. The SMILES string of the molecule is COCC(C)=C[C@H](C(C)C)N(C)C(=O)OC(C)(C)C. The number of likely N-dealkylation sites (N-methyl/N-ethyl adjacent to an activating group) is 1. The monoisotopic (exact) mass is 271 g/mol. The molecule has 1 amide bonds. The lowest BCUT2D eigenvalue weighted by Crippen LogP contribution is -2.42. The molecule has 1 atom stereocenters. The van der Waals surface area contributed by atoms with Crippen LogP contribution in [0, 0.1) is 5.92 Å². The lowest BCUT2D eigenvalue weighted by Gasteiger charge is -2.31. The molecule has 0 saturated heterocycles. The summed E-state index contributed by atoms with van der Waals surface area (Å²) in [5.74, 6) is 0.310. The van der Waals surface area contributed by atoms with Crippen LogP contribution >= 0.6 is 0 Å². The number of carbonyl (C=O) groups is 1. The van der Waals surface area contributed by atoms with Crippen LogP contribution in [-0.4, -0.2) is 43.4 Å². The number of methoxy groups -OCH3 is 1. The van der Waals surface area contributed by atoms with E-state index in [0.29, 0.717) is 12.5 Å². The maximum atomic E-state index is 12.1. The second kappa shape index (κ2) is 7.53. The Morgan fingerprint density at radius 1 is 1.32 bits per heavy atom. The molecule has 0 aliphatic carbocycles. The number of carbonyl (C=O) groups excluding carboxylic acids is 1. The van der Waals surface area contributed by atoms with Crippen LogP contribution in [0.5, 0.6) is 0 Å². The minimum Gasteiger partial charge on any atom is -0.444 e. The van der Waals surface area contributed by atoms with Crippen molar-refractivity contribution in [3.05, 3.63) is 11.6 Å². The van der Waals surface area contributed by atoms with E-state index in [2.05, 4.69) is 19.9 Å². The predicted molar refractivity (Wildman–Crippen MR) is 78.3 cm³/mol. The van der Waals surface area contributed by atoms with Gasteiger partial charge in [-0.15, -0.1) is 0 Å². The molecule has 0 spiro atoms. The van der Waals surface area contributed by atoms with E-state index < -0.39 is 5.60 Å². The van der Waals surface area contributed by atoms with Gasteiger partial charge in [0.2, 0.25) is 0 Å². The Morgan fingerprint density at radius 2 is 1.84 bits per heavy atom. The zero-order chi connectivity index (χ0) is 15.2. The molecule has 0 bridgehead atoms. The molecular weight excluding hydrogens is 242 g/mol. The number of rotatable bonds is 5. The largest absolute Gasteiger partial charge is 0.444 e. The Bertz CT molecular complexity index is 316. The lowest BCUT2D eigenvalue weighted by atomic mass is 10.0. The summed E-state index contributed by atoms with van der Waals surface area (Å²) in [5.41, 5.74) is 0.634. The highest BCUT2D eigenvalue weighted by Crippen LogP contribution is 2.17. The van der Waals surface area contributed by atoms with E-state index >= 15 is 0 Å². The van der Waals surface area contributed by atoms with Crippen molar-refractivity contribution < 1.29 is 14.3 Å². The number of ether oxygens (including phenoxy) is 2. The van der Waals surface area contributed by atoms with Gasteiger partial charge in [0.15, 0.2) is 0 Å². The van der Waals surface area contributed by atoms with E-state index in [9.17, 15) is 4.79 Å². The lowest BCUT2D eigenvalue weighted by molar-refractivity contribution is 0.0222. The first-order chi connectivity index (χ1) is 8.58. The summed E-state index contributed by atoms with van der Waals surface area (Å²) < 4.78 is 10.5. The van der Waals surface area contributed by atoms with Crippen molar-refractivity contribution in [3.63, 3.8) is 0 Å². The Labute approximate surface area is 117 Å². The van der Waals surface area contributed by atoms with Crippen molar-refractivity contribution in [3.8, 4) is 0 Å². The van der Waals surface area contributed by atoms with Gasteiger partial charge < -0.3 is 14.4 Å². The average molecular weight is 271 g/mol. The Hall–Kier alpha value is -1.03. The smallest absolute Gasteiger partial charge is 0.410 e. The van der Waals surface area contributed by atoms with Crippen molar-refractivity contribution in [1.82, 2.24) is 4.90 Å². The van der Waals surface area contributed by atoms with Gasteiger partial charge in [-0.05, 0) is 39.2 Å². The van der Waals surface area contributed by atoms with Crippen molar-refractivity contribution in [2.75, 3.05) is 20.8 Å². The van der Waals surface area contributed by atoms with Crippen LogP contribution in [-0.2, 0) is 9.47 Å². The summed E-state index contributed by atoms with van der Waals surface area (Å²) in [4.78, 5) is 13.7. The fourth-order valence-electron chi connectivity index (χ4n) is 1.77. The number of amides is 1. The molecule has 0 saturated carbocycles. The summed E-state index contributed by atoms with van der Waals surface area (Å²) in [5, 5.41) is 0. The summed E-state index contributed by atoms with van der Waals surface area (Å²) >= 11 is 0. The normalized spacial score (nSPS) is 14.5. The third-order valence-corrected chi connectivity index (χ3v) is 2.64. The van der Waals surface area contributed by atoms with Crippen LogP contribution in [0.25, 0.3) is 0 Å². The molecule has 0 aliphatic rings. The highest BCUT2D eigenvalue weighted by Gasteiger charge is 2.26. The van der Waals surface area contributed by atoms with Gasteiger partial charge in [-0.1, -0.05) is 19.9 Å². The van der Waals surface area contributed by atoms with E-state index in [1.54, 1.807) is 19.1 Å². The van der Waals surface area contributed by atoms with Crippen molar-refractivity contribution in [2.45, 2.75) is 53.2 Å². The van der Waals surface area contributed by atoms with Crippen LogP contribution < -0.4 is 0 Å². The number of nitrogens with zero attached hydrogens (tertiary/aromatic N) is 1. The summed E-state index contributed by atoms with van der Waals surface area (Å²) in [7, 11) is 3.44. The molecule has 0 aromatic carbocycles. The Kier molecular flexibility index (Phi) is 7.12. The highest BCUT2D eigenvalue weighted by molar-refractivity contribution is 5.68. The summed E-state index contributed by atoms with van der Waals surface area (Å²) in [6, 6.07) is 0.00463. The molecule has 0 radical (unpaired) electrons. The molecule has 0 aliphatic heterocycles. The fourth-order valence-corrected chi connectivity index (χ4v) is 1.77. The number of hydrogen-bond acceptors (Lipinski definition) is 3. The third kappa shape index (κ3) is 7.21. The van der Waals surface area contributed by atoms with Gasteiger partial charge in [0.1, 0.15) is 5.60 Å². The first kappa shape index (κ1) is 18.0. The quantitative estimate of drug-likeness (QED) is 0.719. The Balaban J connectivity index is 4.89. The van der Waals surface area contributed by atoms with Gasteiger partial charge in [-0.25, -0.2) is 4.79 Å². The van der Waals surface area contributed by atoms with E-state index in [4.69, 9.17) is 9.47 Å². The van der Waals surface area contributed by atoms with E-state index in [-0.39, 0.29) is 12.1 Å². The minimum atomic E-state index is -0.474. The van der Waals surface area contributed by atoms with Crippen molar-refractivity contribution in [2.24, 2.45) is 5.92 Å². The molecule has 0 aromatic rings. The first-order valence-electron chi connectivity index (χ1n) is 6.70. The van der Waals surface area contributed by atoms with Crippen molar-refractivity contribution >= 4 is 6.09 Å². The van der Waals surface area contributed by atoms with E-state index in [1.165, 1.54) is 0 Å². The molecule has 4 heteroatoms. The van der Waals surface area contributed by atoms with Crippen LogP contribution in [0.4, 0.5) is 4.79 Å². The topological polar surface area (TPSA) is 38.8 Å². The van der Waals surface area contributed by atoms with Gasteiger partial charge in [-0.2, -0.15) is 0 Å². The van der Waals surface area contributed by atoms with Gasteiger partial charge in [0.05, 0.1) is 12.6 Å². The van der Waals surface area contributed by atoms with Crippen LogP contribution in [0.15, 0.2) is 11.6 Å².